The Hall–Kier alpha value is -1.74. The lowest BCUT2D eigenvalue weighted by Gasteiger charge is -2.24. The molecule has 27 heavy (non-hydrogen) atoms. The summed E-state index contributed by atoms with van der Waals surface area (Å²) >= 11 is 4.69. The maximum atomic E-state index is 13.1. The molecule has 0 N–H and O–H groups in total. The van der Waals surface area contributed by atoms with E-state index in [4.69, 9.17) is 0 Å². The van der Waals surface area contributed by atoms with Crippen LogP contribution in [0.25, 0.3) is 0 Å². The molecule has 0 radical (unpaired) electrons. The monoisotopic (exact) mass is 460 g/mol. The summed E-state index contributed by atoms with van der Waals surface area (Å²) in [5.41, 5.74) is -0.908. The number of aromatic nitrogens is 1. The van der Waals surface area contributed by atoms with Crippen LogP contribution in [0.15, 0.2) is 50.7 Å². The number of thioether (sulfide) groups is 1. The van der Waals surface area contributed by atoms with Crippen molar-refractivity contribution in [2.24, 2.45) is 0 Å². The van der Waals surface area contributed by atoms with Gasteiger partial charge in [-0.3, -0.25) is 9.59 Å². The molecule has 0 saturated heterocycles. The van der Waals surface area contributed by atoms with Gasteiger partial charge in [0.15, 0.2) is 0 Å². The van der Waals surface area contributed by atoms with E-state index in [1.165, 1.54) is 39.6 Å². The second kappa shape index (κ2) is 7.71. The van der Waals surface area contributed by atoms with Gasteiger partial charge in [0.1, 0.15) is 6.54 Å². The molecule has 1 aliphatic rings. The molecule has 0 saturated carbocycles. The van der Waals surface area contributed by atoms with E-state index in [0.29, 0.717) is 22.3 Å². The van der Waals surface area contributed by atoms with Gasteiger partial charge in [-0.15, -0.1) is 11.8 Å². The quantitative estimate of drug-likeness (QED) is 0.660. The highest BCUT2D eigenvalue weighted by Crippen LogP contribution is 2.41. The van der Waals surface area contributed by atoms with Crippen LogP contribution in [0.5, 0.6) is 0 Å². The Kier molecular flexibility index (Phi) is 5.71. The van der Waals surface area contributed by atoms with Crippen molar-refractivity contribution in [3.8, 4) is 0 Å². The summed E-state index contributed by atoms with van der Waals surface area (Å²) < 4.78 is 41.3. The maximum absolute atomic E-state index is 13.1. The van der Waals surface area contributed by atoms with Crippen molar-refractivity contribution in [2.75, 3.05) is 11.4 Å². The number of alkyl halides is 3. The van der Waals surface area contributed by atoms with E-state index in [9.17, 15) is 22.8 Å². The summed E-state index contributed by atoms with van der Waals surface area (Å²) in [4.78, 5) is 26.8. The fourth-order valence-corrected chi connectivity index (χ4v) is 4.30. The lowest BCUT2D eigenvalue weighted by molar-refractivity contribution is -0.137. The van der Waals surface area contributed by atoms with E-state index in [1.807, 2.05) is 6.92 Å². The predicted octanol–water partition coefficient (Wildman–Crippen LogP) is 4.55. The average Bonchev–Trinajstić information content (AvgIpc) is 2.75. The number of benzene rings is 1. The van der Waals surface area contributed by atoms with Crippen molar-refractivity contribution < 1.29 is 18.0 Å². The van der Waals surface area contributed by atoms with Crippen molar-refractivity contribution in [3.05, 3.63) is 56.9 Å². The van der Waals surface area contributed by atoms with E-state index < -0.39 is 17.6 Å². The zero-order valence-electron chi connectivity index (χ0n) is 14.3. The fourth-order valence-electron chi connectivity index (χ4n) is 2.83. The molecule has 1 aliphatic heterocycles. The minimum atomic E-state index is -4.49. The lowest BCUT2D eigenvalue weighted by Crippen LogP contribution is -2.37. The van der Waals surface area contributed by atoms with Crippen LogP contribution in [0.3, 0.4) is 0 Å². The molecule has 3 rings (SSSR count). The second-order valence-electron chi connectivity index (χ2n) is 6.26. The number of amides is 1. The van der Waals surface area contributed by atoms with E-state index in [0.717, 1.165) is 12.1 Å². The number of carbonyl (C=O) groups excluding carboxylic acids is 1. The van der Waals surface area contributed by atoms with Gasteiger partial charge >= 0.3 is 6.18 Å². The van der Waals surface area contributed by atoms with E-state index in [-0.39, 0.29) is 23.0 Å². The van der Waals surface area contributed by atoms with Gasteiger partial charge < -0.3 is 9.47 Å². The number of halogens is 4. The molecule has 1 amide bonds. The van der Waals surface area contributed by atoms with E-state index in [2.05, 4.69) is 15.9 Å². The molecule has 1 aromatic heterocycles. The van der Waals surface area contributed by atoms with Crippen LogP contribution in [0.1, 0.15) is 18.9 Å². The Balaban J connectivity index is 1.99. The summed E-state index contributed by atoms with van der Waals surface area (Å²) in [6, 6.07) is 6.36. The smallest absolute Gasteiger partial charge is 0.310 e. The first kappa shape index (κ1) is 20.0. The molecule has 144 valence electrons. The average molecular weight is 461 g/mol. The van der Waals surface area contributed by atoms with E-state index >= 15 is 0 Å². The molecular weight excluding hydrogens is 445 g/mol. The summed E-state index contributed by atoms with van der Waals surface area (Å²) in [6.07, 6.45) is -2.37. The van der Waals surface area contributed by atoms with Gasteiger partial charge in [-0.05, 0) is 46.6 Å². The summed E-state index contributed by atoms with van der Waals surface area (Å²) in [6.45, 7) is 2.02. The van der Waals surface area contributed by atoms with Crippen LogP contribution >= 0.6 is 27.7 Å². The van der Waals surface area contributed by atoms with E-state index in [1.54, 1.807) is 6.07 Å². The minimum absolute atomic E-state index is 0.159. The third kappa shape index (κ3) is 4.57. The SMILES string of the molecule is CC1CCN(C(=O)Cn2cc(Br)ccc2=O)c2cc(C(F)(F)F)ccc2S1. The van der Waals surface area contributed by atoms with Gasteiger partial charge in [0.25, 0.3) is 5.56 Å². The van der Waals surface area contributed by atoms with Crippen LogP contribution in [0, 0.1) is 0 Å². The maximum Gasteiger partial charge on any atom is 0.416 e. The first-order valence-electron chi connectivity index (χ1n) is 8.19. The second-order valence-corrected chi connectivity index (χ2v) is 8.65. The fraction of sp³-hybridized carbons (Fsp3) is 0.333. The normalized spacial score (nSPS) is 17.4. The van der Waals surface area contributed by atoms with Crippen molar-refractivity contribution in [1.82, 2.24) is 4.57 Å². The van der Waals surface area contributed by atoms with Crippen molar-refractivity contribution in [1.29, 1.82) is 0 Å². The molecule has 4 nitrogen and oxygen atoms in total. The number of carbonyl (C=O) groups is 1. The van der Waals surface area contributed by atoms with Gasteiger partial charge in [-0.2, -0.15) is 13.2 Å². The van der Waals surface area contributed by atoms with Crippen molar-refractivity contribution in [3.63, 3.8) is 0 Å². The molecule has 2 aromatic rings. The first-order chi connectivity index (χ1) is 12.6. The number of pyridine rings is 1. The van der Waals surface area contributed by atoms with Gasteiger partial charge in [0.05, 0.1) is 11.3 Å². The molecule has 0 fully saturated rings. The van der Waals surface area contributed by atoms with Gasteiger partial charge in [-0.25, -0.2) is 0 Å². The number of nitrogens with zero attached hydrogens (tertiary/aromatic N) is 2. The number of fused-ring (bicyclic) bond motifs is 1. The summed E-state index contributed by atoms with van der Waals surface area (Å²) in [5.74, 6) is -0.425. The van der Waals surface area contributed by atoms with Crippen LogP contribution < -0.4 is 10.5 Å². The van der Waals surface area contributed by atoms with Crippen molar-refractivity contribution >= 4 is 39.3 Å². The molecule has 0 spiro atoms. The Morgan fingerprint density at radius 1 is 1.30 bits per heavy atom. The Labute approximate surface area is 166 Å². The first-order valence-corrected chi connectivity index (χ1v) is 9.86. The topological polar surface area (TPSA) is 42.3 Å². The summed E-state index contributed by atoms with van der Waals surface area (Å²) in [7, 11) is 0. The number of rotatable bonds is 2. The number of hydrogen-bond acceptors (Lipinski definition) is 3. The molecule has 1 unspecified atom stereocenters. The van der Waals surface area contributed by atoms with Gasteiger partial charge in [0.2, 0.25) is 5.91 Å². The Morgan fingerprint density at radius 3 is 2.74 bits per heavy atom. The van der Waals surface area contributed by atoms with Crippen LogP contribution in [-0.4, -0.2) is 22.3 Å². The molecule has 2 heterocycles. The number of hydrogen-bond donors (Lipinski definition) is 0. The molecule has 0 bridgehead atoms. The zero-order valence-corrected chi connectivity index (χ0v) is 16.7. The molecule has 1 atom stereocenters. The minimum Gasteiger partial charge on any atom is -0.310 e. The predicted molar refractivity (Wildman–Crippen MR) is 102 cm³/mol. The third-order valence-electron chi connectivity index (χ3n) is 4.22. The van der Waals surface area contributed by atoms with Crippen LogP contribution in [0.2, 0.25) is 0 Å². The third-order valence-corrected chi connectivity index (χ3v) is 5.92. The van der Waals surface area contributed by atoms with Gasteiger partial charge in [-0.1, -0.05) is 6.92 Å². The van der Waals surface area contributed by atoms with Crippen LogP contribution in [0.4, 0.5) is 18.9 Å². The highest BCUT2D eigenvalue weighted by Gasteiger charge is 2.33. The molecule has 0 aliphatic carbocycles. The summed E-state index contributed by atoms with van der Waals surface area (Å²) in [5, 5.41) is 0.159. The molecule has 9 heteroatoms. The highest BCUT2D eigenvalue weighted by molar-refractivity contribution is 9.10. The zero-order chi connectivity index (χ0) is 19.8. The Morgan fingerprint density at radius 2 is 2.04 bits per heavy atom. The van der Waals surface area contributed by atoms with Crippen molar-refractivity contribution in [2.45, 2.75) is 36.2 Å². The molecule has 1 aromatic carbocycles. The highest BCUT2D eigenvalue weighted by atomic mass is 79.9. The Bertz CT molecular complexity index is 930. The standard InChI is InChI=1S/C18H16BrF3N2O2S/c1-11-6-7-24(17(26)10-23-9-13(19)3-5-16(23)25)14-8-12(18(20,21)22)2-4-15(14)27-11/h2-5,8-9,11H,6-7,10H2,1H3. The lowest BCUT2D eigenvalue weighted by atomic mass is 10.1. The number of anilines is 1. The molecular formula is C18H16BrF3N2O2S. The largest absolute Gasteiger partial charge is 0.416 e. The van der Waals surface area contributed by atoms with Gasteiger partial charge in [0, 0.05) is 33.4 Å². The van der Waals surface area contributed by atoms with Crippen LogP contribution in [-0.2, 0) is 17.5 Å².